The summed E-state index contributed by atoms with van der Waals surface area (Å²) in [5, 5.41) is 2.55. The lowest BCUT2D eigenvalue weighted by Crippen LogP contribution is -2.55. The first-order valence-corrected chi connectivity index (χ1v) is 22.4. The largest absolute Gasteiger partial charge is 0.310 e. The van der Waals surface area contributed by atoms with Crippen molar-refractivity contribution in [3.63, 3.8) is 0 Å². The summed E-state index contributed by atoms with van der Waals surface area (Å²) in [4.78, 5) is 2.55. The van der Waals surface area contributed by atoms with Crippen molar-refractivity contribution < 1.29 is 0 Å². The predicted molar refractivity (Wildman–Crippen MR) is 250 cm³/mol. The van der Waals surface area contributed by atoms with Crippen molar-refractivity contribution >= 4 is 27.8 Å². The van der Waals surface area contributed by atoms with Crippen LogP contribution in [0.5, 0.6) is 0 Å². The van der Waals surface area contributed by atoms with Crippen molar-refractivity contribution in [3.8, 4) is 44.5 Å². The number of hydrogen-bond acceptors (Lipinski definition) is 1. The molecule has 0 aliphatic heterocycles. The molecule has 1 heteroatoms. The molecule has 0 unspecified atom stereocenters. The molecule has 4 fully saturated rings. The molecule has 0 aromatic heterocycles. The standard InChI is InChI=1S/C59H49N/c1-58(2)54-19-7-5-16-51(54)53-18-10-17-49(57(53)58)43-13-9-14-47(35-43)60(46-25-23-40(24-26-46)42-22-21-39-11-3-4-12-41(39)34-42)48-27-28-52-50-15-6-8-20-55(50)59(56(52)36-48)44-30-37-29-38(32-44)33-45(59)31-37/h3-28,34-38,44-45H,29-33H2,1-2H3. The van der Waals surface area contributed by atoms with Gasteiger partial charge in [0.2, 0.25) is 0 Å². The lowest BCUT2D eigenvalue weighted by molar-refractivity contribution is -0.0399. The predicted octanol–water partition coefficient (Wildman–Crippen LogP) is 15.7. The van der Waals surface area contributed by atoms with Gasteiger partial charge in [0.1, 0.15) is 0 Å². The highest BCUT2D eigenvalue weighted by Crippen LogP contribution is 2.69. The molecule has 0 radical (unpaired) electrons. The molecular formula is C59H49N. The van der Waals surface area contributed by atoms with Crippen LogP contribution < -0.4 is 4.90 Å². The molecule has 1 nitrogen and oxygen atoms in total. The zero-order valence-corrected chi connectivity index (χ0v) is 34.5. The molecule has 1 spiro atoms. The Labute approximate surface area is 354 Å². The van der Waals surface area contributed by atoms with Gasteiger partial charge in [-0.3, -0.25) is 0 Å². The summed E-state index contributed by atoms with van der Waals surface area (Å²) in [6, 6.07) is 67.1. The van der Waals surface area contributed by atoms with Gasteiger partial charge in [-0.1, -0.05) is 147 Å². The van der Waals surface area contributed by atoms with Crippen molar-refractivity contribution in [2.24, 2.45) is 23.7 Å². The topological polar surface area (TPSA) is 3.24 Å². The van der Waals surface area contributed by atoms with E-state index in [1.807, 2.05) is 0 Å². The summed E-state index contributed by atoms with van der Waals surface area (Å²) in [5.41, 5.74) is 20.4. The van der Waals surface area contributed by atoms with Crippen LogP contribution in [0.25, 0.3) is 55.3 Å². The van der Waals surface area contributed by atoms with Gasteiger partial charge in [0.05, 0.1) is 0 Å². The van der Waals surface area contributed by atoms with Crippen molar-refractivity contribution in [2.75, 3.05) is 4.90 Å². The van der Waals surface area contributed by atoms with Crippen LogP contribution in [0.3, 0.4) is 0 Å². The first kappa shape index (κ1) is 34.7. The lowest BCUT2D eigenvalue weighted by Gasteiger charge is -2.61. The van der Waals surface area contributed by atoms with Crippen molar-refractivity contribution in [1.82, 2.24) is 0 Å². The van der Waals surface area contributed by atoms with E-state index in [9.17, 15) is 0 Å². The van der Waals surface area contributed by atoms with Crippen LogP contribution in [-0.2, 0) is 10.8 Å². The molecule has 0 saturated heterocycles. The highest BCUT2D eigenvalue weighted by atomic mass is 15.1. The summed E-state index contributed by atoms with van der Waals surface area (Å²) in [5.74, 6) is 3.26. The third kappa shape index (κ3) is 4.81. The second-order valence-corrected chi connectivity index (χ2v) is 19.3. The van der Waals surface area contributed by atoms with Crippen molar-refractivity contribution in [1.29, 1.82) is 0 Å². The summed E-state index contributed by atoms with van der Waals surface area (Å²) in [7, 11) is 0. The zero-order chi connectivity index (χ0) is 39.7. The maximum absolute atomic E-state index is 2.64. The number of benzene rings is 8. The highest BCUT2D eigenvalue weighted by molar-refractivity contribution is 5.92. The second-order valence-electron chi connectivity index (χ2n) is 19.3. The normalized spacial score (nSPS) is 23.4. The molecule has 8 aromatic rings. The lowest BCUT2D eigenvalue weighted by atomic mass is 9.43. The van der Waals surface area contributed by atoms with Gasteiger partial charge >= 0.3 is 0 Å². The van der Waals surface area contributed by atoms with Gasteiger partial charge in [0, 0.05) is 27.9 Å². The fourth-order valence-electron chi connectivity index (χ4n) is 13.8. The van der Waals surface area contributed by atoms with Crippen LogP contribution in [0, 0.1) is 23.7 Å². The Kier molecular flexibility index (Phi) is 7.32. The maximum Gasteiger partial charge on any atom is 0.0467 e. The molecule has 4 bridgehead atoms. The van der Waals surface area contributed by atoms with Gasteiger partial charge in [0.15, 0.2) is 0 Å². The number of rotatable bonds is 5. The van der Waals surface area contributed by atoms with Crippen molar-refractivity contribution in [3.05, 3.63) is 198 Å². The van der Waals surface area contributed by atoms with Gasteiger partial charge in [0.25, 0.3) is 0 Å². The van der Waals surface area contributed by atoms with Gasteiger partial charge in [-0.2, -0.15) is 0 Å². The number of hydrogen-bond donors (Lipinski definition) is 0. The average molecular weight is 772 g/mol. The molecule has 0 amide bonds. The second kappa shape index (κ2) is 12.7. The van der Waals surface area contributed by atoms with E-state index < -0.39 is 0 Å². The van der Waals surface area contributed by atoms with Gasteiger partial charge in [-0.25, -0.2) is 0 Å². The van der Waals surface area contributed by atoms with E-state index in [0.29, 0.717) is 0 Å². The third-order valence-corrected chi connectivity index (χ3v) is 16.0. The minimum absolute atomic E-state index is 0.0984. The Bertz CT molecular complexity index is 3010. The first-order chi connectivity index (χ1) is 29.4. The number of anilines is 3. The fraction of sp³-hybridized carbons (Fsp3) is 0.220. The number of fused-ring (bicyclic) bond motifs is 7. The molecular weight excluding hydrogens is 723 g/mol. The molecule has 6 aliphatic carbocycles. The molecule has 4 saturated carbocycles. The number of nitrogens with zero attached hydrogens (tertiary/aromatic N) is 1. The average Bonchev–Trinajstić information content (AvgIpc) is 3.71. The third-order valence-electron chi connectivity index (χ3n) is 16.0. The minimum Gasteiger partial charge on any atom is -0.310 e. The molecule has 0 atom stereocenters. The SMILES string of the molecule is CC1(C)c2ccccc2-c2cccc(-c3cccc(N(c4ccc(-c5ccc6ccccc6c5)cc4)c4ccc5c(c4)C4(c6ccccc6-5)C5CC6CC(C5)CC4C6)c3)c21. The van der Waals surface area contributed by atoms with Crippen molar-refractivity contribution in [2.45, 2.75) is 56.8 Å². The van der Waals surface area contributed by atoms with Gasteiger partial charge in [-0.15, -0.1) is 0 Å². The Morgan fingerprint density at radius 1 is 0.383 bits per heavy atom. The summed E-state index contributed by atoms with van der Waals surface area (Å²) in [6.45, 7) is 4.80. The minimum atomic E-state index is -0.0984. The van der Waals surface area contributed by atoms with Crippen LogP contribution in [0.4, 0.5) is 17.1 Å². The monoisotopic (exact) mass is 771 g/mol. The van der Waals surface area contributed by atoms with E-state index in [1.54, 1.807) is 11.1 Å². The molecule has 14 rings (SSSR count). The zero-order valence-electron chi connectivity index (χ0n) is 34.5. The molecule has 8 aromatic carbocycles. The van der Waals surface area contributed by atoms with Crippen LogP contribution >= 0.6 is 0 Å². The first-order valence-electron chi connectivity index (χ1n) is 22.4. The fourth-order valence-corrected chi connectivity index (χ4v) is 13.8. The smallest absolute Gasteiger partial charge is 0.0467 e. The summed E-state index contributed by atoms with van der Waals surface area (Å²) < 4.78 is 0. The van der Waals surface area contributed by atoms with Gasteiger partial charge in [-0.05, 0) is 176 Å². The van der Waals surface area contributed by atoms with Crippen LogP contribution in [0.2, 0.25) is 0 Å². The Morgan fingerprint density at radius 2 is 0.967 bits per heavy atom. The Hall–Kier alpha value is -6.18. The maximum atomic E-state index is 2.64. The Balaban J connectivity index is 0.981. The molecule has 0 heterocycles. The van der Waals surface area contributed by atoms with Crippen LogP contribution in [0.15, 0.2) is 176 Å². The molecule has 290 valence electrons. The van der Waals surface area contributed by atoms with Gasteiger partial charge < -0.3 is 4.90 Å². The van der Waals surface area contributed by atoms with Crippen LogP contribution in [-0.4, -0.2) is 0 Å². The van der Waals surface area contributed by atoms with E-state index in [0.717, 1.165) is 23.7 Å². The summed E-state index contributed by atoms with van der Waals surface area (Å²) >= 11 is 0. The highest BCUT2D eigenvalue weighted by Gasteiger charge is 2.61. The van der Waals surface area contributed by atoms with Crippen LogP contribution in [0.1, 0.15) is 68.2 Å². The quantitative estimate of drug-likeness (QED) is 0.168. The molecule has 60 heavy (non-hydrogen) atoms. The van der Waals surface area contributed by atoms with E-state index >= 15 is 0 Å². The molecule has 0 N–H and O–H groups in total. The van der Waals surface area contributed by atoms with E-state index in [4.69, 9.17) is 0 Å². The summed E-state index contributed by atoms with van der Waals surface area (Å²) in [6.07, 6.45) is 7.00. The van der Waals surface area contributed by atoms with E-state index in [2.05, 4.69) is 195 Å². The Morgan fingerprint density at radius 3 is 1.75 bits per heavy atom. The molecule has 6 aliphatic rings. The van der Waals surface area contributed by atoms with E-state index in [1.165, 1.54) is 116 Å². The van der Waals surface area contributed by atoms with E-state index in [-0.39, 0.29) is 10.8 Å².